The molecule has 0 aliphatic heterocycles. The lowest BCUT2D eigenvalue weighted by molar-refractivity contribution is 0.0963. The molecule has 1 aliphatic rings. The van der Waals surface area contributed by atoms with Gasteiger partial charge in [0, 0.05) is 22.2 Å². The summed E-state index contributed by atoms with van der Waals surface area (Å²) in [7, 11) is 1.66. The maximum atomic E-state index is 11.8. The van der Waals surface area contributed by atoms with Gasteiger partial charge >= 0.3 is 0 Å². The van der Waals surface area contributed by atoms with E-state index in [0.29, 0.717) is 5.56 Å². The lowest BCUT2D eigenvalue weighted by Gasteiger charge is -2.32. The molecule has 3 heteroatoms. The van der Waals surface area contributed by atoms with Gasteiger partial charge in [-0.05, 0) is 79.3 Å². The van der Waals surface area contributed by atoms with Crippen LogP contribution in [0, 0.1) is 5.41 Å². The number of thiophene rings is 1. The molecule has 1 aliphatic carbocycles. The molecule has 1 amide bonds. The lowest BCUT2D eigenvalue weighted by atomic mass is 9.72. The fraction of sp³-hybridized carbons (Fsp3) is 0.375. The van der Waals surface area contributed by atoms with Crippen molar-refractivity contribution in [3.63, 3.8) is 0 Å². The molecular formula is C24H29NOS. The van der Waals surface area contributed by atoms with Crippen LogP contribution in [0.4, 0.5) is 0 Å². The first-order valence-electron chi connectivity index (χ1n) is 9.62. The standard InChI is InChI=1S/C24H29NOS/c1-16(8-11-21-17(2)7-6-12-24(21,3)4)13-20-14-18-9-10-19(23(26)25-5)15-22(18)27-20/h8-11,13-15H,6-7,12H2,1-5H3,(H,25,26). The van der Waals surface area contributed by atoms with Crippen LogP contribution >= 0.6 is 11.3 Å². The van der Waals surface area contributed by atoms with Crippen molar-refractivity contribution in [1.29, 1.82) is 0 Å². The topological polar surface area (TPSA) is 29.1 Å². The Morgan fingerprint density at radius 1 is 1.26 bits per heavy atom. The van der Waals surface area contributed by atoms with E-state index in [2.05, 4.69) is 57.3 Å². The minimum Gasteiger partial charge on any atom is -0.355 e. The molecule has 2 aromatic rings. The molecule has 1 aromatic carbocycles. The van der Waals surface area contributed by atoms with Crippen molar-refractivity contribution in [2.45, 2.75) is 47.0 Å². The van der Waals surface area contributed by atoms with Gasteiger partial charge in [-0.3, -0.25) is 4.79 Å². The summed E-state index contributed by atoms with van der Waals surface area (Å²) in [6.07, 6.45) is 10.6. The number of amides is 1. The number of nitrogens with one attached hydrogen (secondary N) is 1. The van der Waals surface area contributed by atoms with Crippen LogP contribution in [-0.4, -0.2) is 13.0 Å². The van der Waals surface area contributed by atoms with E-state index in [1.807, 2.05) is 18.2 Å². The SMILES string of the molecule is CNC(=O)c1ccc2cc(C=C(C)C=CC3=C(C)CCCC3(C)C)sc2c1. The molecule has 2 nitrogen and oxygen atoms in total. The fourth-order valence-electron chi connectivity index (χ4n) is 3.91. The van der Waals surface area contributed by atoms with E-state index in [4.69, 9.17) is 0 Å². The second-order valence-corrected chi connectivity index (χ2v) is 9.25. The minimum atomic E-state index is -0.0414. The van der Waals surface area contributed by atoms with Gasteiger partial charge in [0.2, 0.25) is 0 Å². The second kappa shape index (κ2) is 7.85. The van der Waals surface area contributed by atoms with Crippen LogP contribution in [0.3, 0.4) is 0 Å². The van der Waals surface area contributed by atoms with Gasteiger partial charge < -0.3 is 5.32 Å². The Morgan fingerprint density at radius 3 is 2.74 bits per heavy atom. The molecule has 0 fully saturated rings. The molecule has 1 aromatic heterocycles. The Bertz CT molecular complexity index is 956. The van der Waals surface area contributed by atoms with Gasteiger partial charge in [-0.25, -0.2) is 0 Å². The first-order chi connectivity index (χ1) is 12.8. The van der Waals surface area contributed by atoms with Crippen LogP contribution in [0.5, 0.6) is 0 Å². The third-order valence-corrected chi connectivity index (χ3v) is 6.50. The second-order valence-electron chi connectivity index (χ2n) is 8.13. The average Bonchev–Trinajstić information content (AvgIpc) is 3.01. The lowest BCUT2D eigenvalue weighted by Crippen LogP contribution is -2.19. The number of hydrogen-bond acceptors (Lipinski definition) is 2. The summed E-state index contributed by atoms with van der Waals surface area (Å²) in [6, 6.07) is 8.08. The quantitative estimate of drug-likeness (QED) is 0.585. The van der Waals surface area contributed by atoms with Crippen molar-refractivity contribution < 1.29 is 4.79 Å². The zero-order valence-corrected chi connectivity index (χ0v) is 17.8. The Kier molecular flexibility index (Phi) is 5.71. The van der Waals surface area contributed by atoms with Crippen LogP contribution in [0.1, 0.15) is 62.2 Å². The summed E-state index contributed by atoms with van der Waals surface area (Å²) in [6.45, 7) is 9.13. The van der Waals surface area contributed by atoms with E-state index in [1.54, 1.807) is 18.4 Å². The normalized spacial score (nSPS) is 17.7. The Morgan fingerprint density at radius 2 is 2.04 bits per heavy atom. The van der Waals surface area contributed by atoms with Gasteiger partial charge in [-0.15, -0.1) is 11.3 Å². The Hall–Kier alpha value is -2.13. The van der Waals surface area contributed by atoms with Crippen LogP contribution in [-0.2, 0) is 0 Å². The highest BCUT2D eigenvalue weighted by Gasteiger charge is 2.26. The van der Waals surface area contributed by atoms with Crippen molar-refractivity contribution in [3.05, 3.63) is 63.6 Å². The highest BCUT2D eigenvalue weighted by molar-refractivity contribution is 7.19. The summed E-state index contributed by atoms with van der Waals surface area (Å²) in [5.74, 6) is -0.0414. The van der Waals surface area contributed by atoms with E-state index in [9.17, 15) is 4.79 Å². The van der Waals surface area contributed by atoms with Gasteiger partial charge in [-0.2, -0.15) is 0 Å². The van der Waals surface area contributed by atoms with E-state index in [0.717, 1.165) is 4.70 Å². The van der Waals surface area contributed by atoms with Gasteiger partial charge in [0.05, 0.1) is 0 Å². The maximum absolute atomic E-state index is 11.8. The van der Waals surface area contributed by atoms with E-state index in [1.165, 1.54) is 46.2 Å². The molecule has 0 unspecified atom stereocenters. The molecule has 3 rings (SSSR count). The van der Waals surface area contributed by atoms with Crippen molar-refractivity contribution >= 4 is 33.4 Å². The molecule has 1 heterocycles. The summed E-state index contributed by atoms with van der Waals surface area (Å²) >= 11 is 1.73. The van der Waals surface area contributed by atoms with Crippen molar-refractivity contribution in [2.75, 3.05) is 7.05 Å². The Balaban J connectivity index is 1.84. The molecule has 142 valence electrons. The zero-order chi connectivity index (χ0) is 19.6. The highest BCUT2D eigenvalue weighted by Crippen LogP contribution is 2.40. The predicted molar refractivity (Wildman–Crippen MR) is 118 cm³/mol. The molecule has 0 bridgehead atoms. The number of hydrogen-bond donors (Lipinski definition) is 1. The van der Waals surface area contributed by atoms with Crippen LogP contribution in [0.25, 0.3) is 16.2 Å². The first kappa shape index (κ1) is 19.6. The van der Waals surface area contributed by atoms with E-state index in [-0.39, 0.29) is 11.3 Å². The largest absolute Gasteiger partial charge is 0.355 e. The maximum Gasteiger partial charge on any atom is 0.251 e. The number of benzene rings is 1. The zero-order valence-electron chi connectivity index (χ0n) is 17.0. The molecule has 1 N–H and O–H groups in total. The predicted octanol–water partition coefficient (Wildman–Crippen LogP) is 6.75. The van der Waals surface area contributed by atoms with E-state index < -0.39 is 0 Å². The number of rotatable bonds is 4. The summed E-state index contributed by atoms with van der Waals surface area (Å²) in [5, 5.41) is 3.87. The van der Waals surface area contributed by atoms with Gasteiger partial charge in [0.1, 0.15) is 0 Å². The third-order valence-electron chi connectivity index (χ3n) is 5.45. The highest BCUT2D eigenvalue weighted by atomic mass is 32.1. The van der Waals surface area contributed by atoms with Crippen molar-refractivity contribution in [1.82, 2.24) is 5.32 Å². The summed E-state index contributed by atoms with van der Waals surface area (Å²) < 4.78 is 1.14. The van der Waals surface area contributed by atoms with Gasteiger partial charge in [0.15, 0.2) is 0 Å². The number of fused-ring (bicyclic) bond motifs is 1. The van der Waals surface area contributed by atoms with Crippen molar-refractivity contribution in [2.24, 2.45) is 5.41 Å². The molecule has 0 atom stereocenters. The monoisotopic (exact) mass is 379 g/mol. The molecule has 27 heavy (non-hydrogen) atoms. The van der Waals surface area contributed by atoms with Crippen LogP contribution < -0.4 is 5.32 Å². The fourth-order valence-corrected chi connectivity index (χ4v) is 5.02. The molecule has 0 spiro atoms. The van der Waals surface area contributed by atoms with Crippen LogP contribution in [0.15, 0.2) is 53.1 Å². The minimum absolute atomic E-state index is 0.0414. The molecule has 0 radical (unpaired) electrons. The first-order valence-corrected chi connectivity index (χ1v) is 10.4. The van der Waals surface area contributed by atoms with Gasteiger partial charge in [-0.1, -0.05) is 37.6 Å². The summed E-state index contributed by atoms with van der Waals surface area (Å²) in [4.78, 5) is 13.0. The number of carbonyl (C=O) groups excluding carboxylic acids is 1. The summed E-state index contributed by atoms with van der Waals surface area (Å²) in [5.41, 5.74) is 5.25. The molecule has 0 saturated heterocycles. The van der Waals surface area contributed by atoms with Crippen LogP contribution in [0.2, 0.25) is 0 Å². The Labute approximate surface area is 166 Å². The molecule has 0 saturated carbocycles. The van der Waals surface area contributed by atoms with Gasteiger partial charge in [0.25, 0.3) is 5.91 Å². The third kappa shape index (κ3) is 4.41. The smallest absolute Gasteiger partial charge is 0.251 e. The van der Waals surface area contributed by atoms with E-state index >= 15 is 0 Å². The number of carbonyl (C=O) groups is 1. The average molecular weight is 380 g/mol. The molecular weight excluding hydrogens is 350 g/mol. The number of allylic oxidation sites excluding steroid dienone is 5. The van der Waals surface area contributed by atoms with Crippen molar-refractivity contribution in [3.8, 4) is 0 Å².